The van der Waals surface area contributed by atoms with Gasteiger partial charge in [-0.25, -0.2) is 4.79 Å². The first-order valence-electron chi connectivity index (χ1n) is 9.24. The second-order valence-corrected chi connectivity index (χ2v) is 9.63. The number of hydrogen-bond donors (Lipinski definition) is 2. The van der Waals surface area contributed by atoms with Crippen LogP contribution in [-0.4, -0.2) is 73.2 Å². The van der Waals surface area contributed by atoms with E-state index in [0.29, 0.717) is 12.0 Å². The van der Waals surface area contributed by atoms with Gasteiger partial charge < -0.3 is 28.4 Å². The zero-order chi connectivity index (χ0) is 21.3. The molecule has 1 saturated heterocycles. The zero-order valence-corrected chi connectivity index (χ0v) is 17.7. The fourth-order valence-corrected chi connectivity index (χ4v) is 5.57. The molecule has 1 aromatic heterocycles. The number of ether oxygens (including phenoxy) is 3. The molecule has 1 aliphatic heterocycles. The minimum Gasteiger partial charge on any atom is -0.387 e. The number of hydrogen-bond acceptors (Lipinski definition) is 9. The Balaban J connectivity index is 1.88. The molecular weight excluding hydrogens is 407 g/mol. The number of methoxy groups -OCH3 is 1. The molecule has 0 aromatic carbocycles. The van der Waals surface area contributed by atoms with Gasteiger partial charge in [-0.15, -0.1) is 0 Å². The van der Waals surface area contributed by atoms with E-state index in [1.807, 2.05) is 0 Å². The molecular formula is C17H27N2O9P. The van der Waals surface area contributed by atoms with Crippen molar-refractivity contribution in [3.05, 3.63) is 32.6 Å². The molecule has 0 bridgehead atoms. The molecule has 0 radical (unpaired) electrons. The smallest absolute Gasteiger partial charge is 0.333 e. The fraction of sp³-hybridized carbons (Fsp3) is 0.765. The molecule has 12 heteroatoms. The molecule has 3 unspecified atom stereocenters. The van der Waals surface area contributed by atoms with Crippen molar-refractivity contribution in [1.82, 2.24) is 9.55 Å². The third-order valence-electron chi connectivity index (χ3n) is 5.41. The summed E-state index contributed by atoms with van der Waals surface area (Å²) in [5.74, 6) is -0.284. The van der Waals surface area contributed by atoms with Crippen molar-refractivity contribution in [1.29, 1.82) is 0 Å². The third-order valence-corrected chi connectivity index (χ3v) is 7.83. The first kappa shape index (κ1) is 22.4. The maximum Gasteiger partial charge on any atom is 0.333 e. The van der Waals surface area contributed by atoms with Crippen LogP contribution in [0, 0.1) is 12.8 Å². The number of aliphatic hydroxyl groups excluding tert-OH is 1. The highest BCUT2D eigenvalue weighted by Gasteiger charge is 2.61. The summed E-state index contributed by atoms with van der Waals surface area (Å²) in [5.41, 5.74) is -1.27. The van der Waals surface area contributed by atoms with Crippen LogP contribution in [0.2, 0.25) is 0 Å². The van der Waals surface area contributed by atoms with Crippen molar-refractivity contribution >= 4 is 7.60 Å². The highest BCUT2D eigenvalue weighted by molar-refractivity contribution is 7.55. The van der Waals surface area contributed by atoms with Crippen LogP contribution in [-0.2, 0) is 27.8 Å². The van der Waals surface area contributed by atoms with E-state index >= 15 is 0 Å². The molecule has 2 N–H and O–H groups in total. The molecule has 3 rings (SSSR count). The number of nitrogens with one attached hydrogen (secondary N) is 1. The molecule has 6 atom stereocenters. The second-order valence-electron chi connectivity index (χ2n) is 7.16. The van der Waals surface area contributed by atoms with Crippen molar-refractivity contribution in [2.24, 2.45) is 5.92 Å². The lowest BCUT2D eigenvalue weighted by atomic mass is 10.1. The third kappa shape index (κ3) is 4.27. The molecule has 1 saturated carbocycles. The Labute approximate surface area is 167 Å². The van der Waals surface area contributed by atoms with E-state index in [1.54, 1.807) is 6.92 Å². The Kier molecular flexibility index (Phi) is 6.79. The molecule has 11 nitrogen and oxygen atoms in total. The largest absolute Gasteiger partial charge is 0.387 e. The number of rotatable bonds is 9. The van der Waals surface area contributed by atoms with Crippen LogP contribution in [0.5, 0.6) is 0 Å². The van der Waals surface area contributed by atoms with E-state index in [0.717, 1.165) is 0 Å². The number of nitrogens with zero attached hydrogens (tertiary/aromatic N) is 1. The lowest BCUT2D eigenvalue weighted by molar-refractivity contribution is -0.0806. The van der Waals surface area contributed by atoms with Crippen molar-refractivity contribution in [2.45, 2.75) is 43.5 Å². The van der Waals surface area contributed by atoms with Crippen LogP contribution in [0.15, 0.2) is 15.8 Å². The van der Waals surface area contributed by atoms with Crippen LogP contribution in [0.4, 0.5) is 0 Å². The predicted molar refractivity (Wildman–Crippen MR) is 101 cm³/mol. The Morgan fingerprint density at radius 2 is 1.97 bits per heavy atom. The summed E-state index contributed by atoms with van der Waals surface area (Å²) in [6, 6.07) is 0. The Morgan fingerprint density at radius 3 is 2.59 bits per heavy atom. The van der Waals surface area contributed by atoms with Crippen LogP contribution in [0.25, 0.3) is 0 Å². The zero-order valence-electron chi connectivity index (χ0n) is 16.8. The summed E-state index contributed by atoms with van der Waals surface area (Å²) < 4.78 is 40.7. The predicted octanol–water partition coefficient (Wildman–Crippen LogP) is 0.00932. The van der Waals surface area contributed by atoms with Crippen molar-refractivity contribution < 1.29 is 32.9 Å². The topological polar surface area (TPSA) is 138 Å². The van der Waals surface area contributed by atoms with E-state index in [4.69, 9.17) is 23.3 Å². The van der Waals surface area contributed by atoms with Crippen molar-refractivity contribution in [3.8, 4) is 0 Å². The lowest BCUT2D eigenvalue weighted by Crippen LogP contribution is -2.40. The number of aryl methyl sites for hydroxylation is 1. The van der Waals surface area contributed by atoms with Crippen molar-refractivity contribution in [2.75, 3.05) is 34.5 Å². The number of aliphatic hydroxyl groups is 1. The molecule has 2 aliphatic rings. The van der Waals surface area contributed by atoms with E-state index in [9.17, 15) is 19.3 Å². The van der Waals surface area contributed by atoms with Gasteiger partial charge in [0, 0.05) is 39.0 Å². The molecule has 164 valence electrons. The van der Waals surface area contributed by atoms with Gasteiger partial charge in [0.15, 0.2) is 6.23 Å². The first-order valence-corrected chi connectivity index (χ1v) is 10.9. The highest BCUT2D eigenvalue weighted by atomic mass is 31.2. The Bertz CT molecular complexity index is 876. The summed E-state index contributed by atoms with van der Waals surface area (Å²) in [4.78, 5) is 26.3. The highest BCUT2D eigenvalue weighted by Crippen LogP contribution is 2.66. The number of aromatic nitrogens is 2. The maximum absolute atomic E-state index is 12.6. The standard InChI is InChI=1S/C17H27N2O9P/c1-9-8-19(17(22)18-15(9)21)16-14(27-6-5-24-2)12(20)13(28-16)10-7-11(10)29(23,25-3)26-4/h8,10-14,16,20H,5-7H2,1-4H3,(H,18,21,22)/t10?,11?,12?,13-,14+,16-/m1/s1. The van der Waals surface area contributed by atoms with Gasteiger partial charge >= 0.3 is 13.3 Å². The summed E-state index contributed by atoms with van der Waals surface area (Å²) in [5, 5.41) is 10.9. The molecule has 0 spiro atoms. The van der Waals surface area contributed by atoms with Gasteiger partial charge in [0.05, 0.1) is 25.0 Å². The first-order chi connectivity index (χ1) is 13.8. The van der Waals surface area contributed by atoms with E-state index in [2.05, 4.69) is 4.98 Å². The van der Waals surface area contributed by atoms with E-state index in [1.165, 1.54) is 32.1 Å². The average molecular weight is 434 g/mol. The molecule has 2 fully saturated rings. The lowest BCUT2D eigenvalue weighted by Gasteiger charge is -2.22. The maximum atomic E-state index is 12.6. The fourth-order valence-electron chi connectivity index (χ4n) is 3.74. The van der Waals surface area contributed by atoms with Gasteiger partial charge in [0.25, 0.3) is 5.56 Å². The van der Waals surface area contributed by atoms with Crippen LogP contribution >= 0.6 is 7.60 Å². The molecule has 2 heterocycles. The molecule has 0 amide bonds. The summed E-state index contributed by atoms with van der Waals surface area (Å²) in [7, 11) is 0.837. The van der Waals surface area contributed by atoms with Gasteiger partial charge in [0.2, 0.25) is 0 Å². The van der Waals surface area contributed by atoms with Crippen molar-refractivity contribution in [3.63, 3.8) is 0 Å². The van der Waals surface area contributed by atoms with Gasteiger partial charge in [-0.1, -0.05) is 0 Å². The second kappa shape index (κ2) is 8.81. The molecule has 29 heavy (non-hydrogen) atoms. The van der Waals surface area contributed by atoms with Gasteiger partial charge in [-0.2, -0.15) is 0 Å². The monoisotopic (exact) mass is 434 g/mol. The quantitative estimate of drug-likeness (QED) is 0.406. The van der Waals surface area contributed by atoms with Crippen LogP contribution in [0.1, 0.15) is 18.2 Å². The summed E-state index contributed by atoms with van der Waals surface area (Å²) in [6.45, 7) is 2.02. The number of aromatic amines is 1. The number of H-pyrrole nitrogens is 1. The van der Waals surface area contributed by atoms with Gasteiger partial charge in [-0.05, 0) is 13.3 Å². The molecule has 1 aromatic rings. The Hall–Kier alpha value is -1.33. The summed E-state index contributed by atoms with van der Waals surface area (Å²) >= 11 is 0. The van der Waals surface area contributed by atoms with E-state index in [-0.39, 0.29) is 19.1 Å². The van der Waals surface area contributed by atoms with Crippen LogP contribution in [0.3, 0.4) is 0 Å². The van der Waals surface area contributed by atoms with Gasteiger partial charge in [0.1, 0.15) is 12.2 Å². The minimum absolute atomic E-state index is 0.171. The average Bonchev–Trinajstić information content (AvgIpc) is 3.44. The van der Waals surface area contributed by atoms with Crippen LogP contribution < -0.4 is 11.2 Å². The Morgan fingerprint density at radius 1 is 1.28 bits per heavy atom. The SMILES string of the molecule is COCCO[C@H]1C(O)[C@@H](C2CC2P(=O)(OC)OC)O[C@H]1n1cc(C)c(=O)[nH]c1=O. The minimum atomic E-state index is -3.31. The molecule has 1 aliphatic carbocycles. The van der Waals surface area contributed by atoms with E-state index < -0.39 is 49.0 Å². The normalized spacial score (nSPS) is 31.9. The summed E-state index contributed by atoms with van der Waals surface area (Å²) in [6.07, 6.45) is -1.83. The van der Waals surface area contributed by atoms with Gasteiger partial charge in [-0.3, -0.25) is 18.9 Å².